The molecule has 1 unspecified atom stereocenters. The number of ketones is 1. The lowest BCUT2D eigenvalue weighted by Crippen LogP contribution is -2.29. The maximum atomic E-state index is 13.5. The van der Waals surface area contributed by atoms with E-state index in [-0.39, 0.29) is 23.8 Å². The number of carbonyl (C=O) groups is 2. The van der Waals surface area contributed by atoms with E-state index >= 15 is 0 Å². The largest absolute Gasteiger partial charge is 0.507 e. The number of aliphatic hydroxyl groups excluding tert-OH is 1. The normalized spacial score (nSPS) is 16.9. The Morgan fingerprint density at radius 1 is 1.08 bits per heavy atom. The van der Waals surface area contributed by atoms with Crippen molar-refractivity contribution in [1.82, 2.24) is 9.88 Å². The lowest BCUT2D eigenvalue weighted by Gasteiger charge is -2.26. The van der Waals surface area contributed by atoms with Crippen LogP contribution in [-0.2, 0) is 16.1 Å². The Morgan fingerprint density at radius 3 is 2.30 bits per heavy atom. The zero-order valence-corrected chi connectivity index (χ0v) is 22.1. The number of Topliss-reactive ketones (excluding diaryl/α,β-unsaturated/α-hetero) is 1. The molecule has 7 nitrogen and oxygen atoms in total. The summed E-state index contributed by atoms with van der Waals surface area (Å²) in [5, 5.41) is 11.6. The fourth-order valence-corrected chi connectivity index (χ4v) is 4.76. The molecule has 2 heterocycles. The number of hydrogen-bond acceptors (Lipinski definition) is 6. The Labute approximate surface area is 218 Å². The van der Waals surface area contributed by atoms with Gasteiger partial charge in [-0.15, -0.1) is 0 Å². The average Bonchev–Trinajstić information content (AvgIpc) is 3.13. The van der Waals surface area contributed by atoms with Crippen LogP contribution in [-0.4, -0.2) is 47.9 Å². The first-order valence-electron chi connectivity index (χ1n) is 12.3. The van der Waals surface area contributed by atoms with Gasteiger partial charge in [-0.05, 0) is 71.5 Å². The Kier molecular flexibility index (Phi) is 7.34. The average molecular weight is 500 g/mol. The van der Waals surface area contributed by atoms with E-state index in [0.717, 1.165) is 33.7 Å². The molecular weight excluding hydrogens is 466 g/mol. The van der Waals surface area contributed by atoms with Crippen molar-refractivity contribution >= 4 is 23.1 Å². The number of likely N-dealkylation sites (tertiary alicyclic amines) is 1. The highest BCUT2D eigenvalue weighted by Gasteiger charge is 2.46. The summed E-state index contributed by atoms with van der Waals surface area (Å²) >= 11 is 0. The predicted molar refractivity (Wildman–Crippen MR) is 145 cm³/mol. The van der Waals surface area contributed by atoms with Gasteiger partial charge in [0.25, 0.3) is 11.7 Å². The van der Waals surface area contributed by atoms with Crippen molar-refractivity contribution in [2.75, 3.05) is 26.1 Å². The first kappa shape index (κ1) is 25.9. The number of pyridine rings is 1. The summed E-state index contributed by atoms with van der Waals surface area (Å²) in [6, 6.07) is 14.3. The van der Waals surface area contributed by atoms with E-state index in [1.165, 1.54) is 4.90 Å². The second kappa shape index (κ2) is 10.5. The summed E-state index contributed by atoms with van der Waals surface area (Å²) in [6.45, 7) is 6.15. The molecular formula is C30H33N3O4. The summed E-state index contributed by atoms with van der Waals surface area (Å²) in [6.07, 6.45) is 3.31. The van der Waals surface area contributed by atoms with Crippen LogP contribution in [0.25, 0.3) is 5.76 Å². The molecule has 1 atom stereocenters. The van der Waals surface area contributed by atoms with Crippen LogP contribution in [0.1, 0.15) is 53.6 Å². The van der Waals surface area contributed by atoms with Gasteiger partial charge in [-0.1, -0.05) is 26.0 Å². The summed E-state index contributed by atoms with van der Waals surface area (Å²) in [5.74, 6) is -0.673. The van der Waals surface area contributed by atoms with Crippen LogP contribution in [0.5, 0.6) is 5.75 Å². The predicted octanol–water partition coefficient (Wildman–Crippen LogP) is 5.21. The molecule has 2 aromatic carbocycles. The quantitative estimate of drug-likeness (QED) is 0.273. The molecule has 1 fully saturated rings. The molecule has 7 heteroatoms. The van der Waals surface area contributed by atoms with Crippen molar-refractivity contribution in [2.24, 2.45) is 0 Å². The van der Waals surface area contributed by atoms with Crippen LogP contribution in [0.3, 0.4) is 0 Å². The third-order valence-electron chi connectivity index (χ3n) is 6.82. The Morgan fingerprint density at radius 2 is 1.73 bits per heavy atom. The number of aromatic nitrogens is 1. The fourth-order valence-electron chi connectivity index (χ4n) is 4.76. The molecule has 1 N–H and O–H groups in total. The maximum absolute atomic E-state index is 13.5. The molecule has 1 saturated heterocycles. The summed E-state index contributed by atoms with van der Waals surface area (Å²) in [7, 11) is 5.51. The van der Waals surface area contributed by atoms with E-state index in [9.17, 15) is 14.7 Å². The SMILES string of the molecule is COc1cc(C)c(/C(O)=C2\C(=O)C(=O)N(Cc3ccncc3)C2c2ccc(N(C)C)cc2)cc1C(C)C. The van der Waals surface area contributed by atoms with Crippen molar-refractivity contribution in [3.05, 3.63) is 94.3 Å². The van der Waals surface area contributed by atoms with E-state index in [1.54, 1.807) is 19.5 Å². The number of nitrogens with zero attached hydrogens (tertiary/aromatic N) is 3. The lowest BCUT2D eigenvalue weighted by molar-refractivity contribution is -0.140. The van der Waals surface area contributed by atoms with Crippen molar-refractivity contribution in [2.45, 2.75) is 39.3 Å². The summed E-state index contributed by atoms with van der Waals surface area (Å²) in [4.78, 5) is 34.4. The Balaban J connectivity index is 1.91. The molecule has 1 amide bonds. The monoisotopic (exact) mass is 499 g/mol. The first-order valence-corrected chi connectivity index (χ1v) is 12.3. The van der Waals surface area contributed by atoms with E-state index in [0.29, 0.717) is 5.56 Å². The third kappa shape index (κ3) is 4.94. The zero-order valence-electron chi connectivity index (χ0n) is 22.1. The molecule has 0 aliphatic carbocycles. The van der Waals surface area contributed by atoms with Gasteiger partial charge in [0.05, 0.1) is 18.7 Å². The Bertz CT molecular complexity index is 1350. The number of ether oxygens (including phenoxy) is 1. The number of anilines is 1. The van der Waals surface area contributed by atoms with E-state index in [4.69, 9.17) is 4.74 Å². The van der Waals surface area contributed by atoms with Gasteiger partial charge in [0.1, 0.15) is 11.5 Å². The number of rotatable bonds is 7. The molecule has 0 spiro atoms. The van der Waals surface area contributed by atoms with Crippen molar-refractivity contribution < 1.29 is 19.4 Å². The number of benzene rings is 2. The summed E-state index contributed by atoms with van der Waals surface area (Å²) in [5.41, 5.74) is 4.84. The van der Waals surface area contributed by atoms with Crippen molar-refractivity contribution in [1.29, 1.82) is 0 Å². The number of carbonyl (C=O) groups excluding carboxylic acids is 2. The fraction of sp³-hybridized carbons (Fsp3) is 0.300. The van der Waals surface area contributed by atoms with Crippen LogP contribution in [0.2, 0.25) is 0 Å². The second-order valence-corrected chi connectivity index (χ2v) is 9.83. The molecule has 0 saturated carbocycles. The molecule has 37 heavy (non-hydrogen) atoms. The minimum atomic E-state index is -0.742. The van der Waals surface area contributed by atoms with Gasteiger partial charge < -0.3 is 19.6 Å². The number of hydrogen-bond donors (Lipinski definition) is 1. The van der Waals surface area contributed by atoms with E-state index < -0.39 is 17.7 Å². The summed E-state index contributed by atoms with van der Waals surface area (Å²) < 4.78 is 5.55. The highest BCUT2D eigenvalue weighted by molar-refractivity contribution is 6.46. The smallest absolute Gasteiger partial charge is 0.295 e. The highest BCUT2D eigenvalue weighted by Crippen LogP contribution is 2.42. The number of amides is 1. The van der Waals surface area contributed by atoms with Crippen molar-refractivity contribution in [3.8, 4) is 5.75 Å². The molecule has 0 radical (unpaired) electrons. The van der Waals surface area contributed by atoms with Gasteiger partial charge in [0.2, 0.25) is 0 Å². The van der Waals surface area contributed by atoms with Crippen LogP contribution in [0.15, 0.2) is 66.5 Å². The van der Waals surface area contributed by atoms with Gasteiger partial charge in [0, 0.05) is 44.3 Å². The molecule has 1 aromatic heterocycles. The van der Waals surface area contributed by atoms with Gasteiger partial charge in [-0.2, -0.15) is 0 Å². The van der Waals surface area contributed by atoms with Crippen LogP contribution in [0.4, 0.5) is 5.69 Å². The minimum Gasteiger partial charge on any atom is -0.507 e. The number of methoxy groups -OCH3 is 1. The first-order chi connectivity index (χ1) is 17.6. The zero-order chi connectivity index (χ0) is 26.9. The molecule has 4 rings (SSSR count). The van der Waals surface area contributed by atoms with Gasteiger partial charge >= 0.3 is 0 Å². The molecule has 0 bridgehead atoms. The molecule has 3 aromatic rings. The standard InChI is InChI=1S/C30H33N3O4/c1-18(2)23-16-24(19(3)15-25(23)37-6)28(34)26-27(21-7-9-22(10-8-21)32(4)5)33(30(36)29(26)35)17-20-11-13-31-14-12-20/h7-16,18,27,34H,17H2,1-6H3/b28-26+. The minimum absolute atomic E-state index is 0.0830. The van der Waals surface area contributed by atoms with Gasteiger partial charge in [-0.25, -0.2) is 0 Å². The van der Waals surface area contributed by atoms with Crippen LogP contribution < -0.4 is 9.64 Å². The van der Waals surface area contributed by atoms with E-state index in [1.807, 2.05) is 88.3 Å². The maximum Gasteiger partial charge on any atom is 0.295 e. The molecule has 1 aliphatic rings. The highest BCUT2D eigenvalue weighted by atomic mass is 16.5. The van der Waals surface area contributed by atoms with E-state index in [2.05, 4.69) is 4.98 Å². The Hall–Kier alpha value is -4.13. The number of aryl methyl sites for hydroxylation is 1. The van der Waals surface area contributed by atoms with Gasteiger partial charge in [-0.3, -0.25) is 14.6 Å². The van der Waals surface area contributed by atoms with Crippen LogP contribution in [0, 0.1) is 6.92 Å². The van der Waals surface area contributed by atoms with Crippen LogP contribution >= 0.6 is 0 Å². The number of aliphatic hydroxyl groups is 1. The molecule has 192 valence electrons. The lowest BCUT2D eigenvalue weighted by atomic mass is 9.91. The van der Waals surface area contributed by atoms with Crippen molar-refractivity contribution in [3.63, 3.8) is 0 Å². The topological polar surface area (TPSA) is 83.0 Å². The molecule has 1 aliphatic heterocycles. The second-order valence-electron chi connectivity index (χ2n) is 9.83. The van der Waals surface area contributed by atoms with Gasteiger partial charge in [0.15, 0.2) is 0 Å². The third-order valence-corrected chi connectivity index (χ3v) is 6.82.